The maximum atomic E-state index is 12.6. The van der Waals surface area contributed by atoms with E-state index in [1.807, 2.05) is 18.3 Å². The van der Waals surface area contributed by atoms with Gasteiger partial charge in [-0.3, -0.25) is 0 Å². The Morgan fingerprint density at radius 3 is 2.83 bits per heavy atom. The maximum absolute atomic E-state index is 12.6. The lowest BCUT2D eigenvalue weighted by atomic mass is 10.1. The molecule has 1 aromatic carbocycles. The third-order valence-corrected chi connectivity index (χ3v) is 3.59. The van der Waals surface area contributed by atoms with Crippen LogP contribution in [0.5, 0.6) is 0 Å². The number of aromatic amines is 1. The summed E-state index contributed by atoms with van der Waals surface area (Å²) in [4.78, 5) is 10.4. The Labute approximate surface area is 134 Å². The van der Waals surface area contributed by atoms with Gasteiger partial charge in [0.25, 0.3) is 0 Å². The van der Waals surface area contributed by atoms with Gasteiger partial charge in [0.15, 0.2) is 0 Å². The van der Waals surface area contributed by atoms with Crippen LogP contribution in [-0.2, 0) is 12.6 Å². The number of hydrogen-bond donors (Lipinski definition) is 2. The van der Waals surface area contributed by atoms with Crippen LogP contribution in [-0.4, -0.2) is 21.5 Å². The number of benzene rings is 1. The van der Waals surface area contributed by atoms with E-state index in [0.717, 1.165) is 28.7 Å². The van der Waals surface area contributed by atoms with E-state index in [-0.39, 0.29) is 5.95 Å². The second-order valence-corrected chi connectivity index (χ2v) is 5.38. The number of anilines is 1. The summed E-state index contributed by atoms with van der Waals surface area (Å²) in [6, 6.07) is 6.36. The predicted molar refractivity (Wildman–Crippen MR) is 82.5 cm³/mol. The summed E-state index contributed by atoms with van der Waals surface area (Å²) in [6.07, 6.45) is -0.938. The molecule has 0 aliphatic carbocycles. The summed E-state index contributed by atoms with van der Waals surface area (Å²) in [5.41, 5.74) is 1.01. The highest BCUT2D eigenvalue weighted by atomic mass is 35.5. The van der Waals surface area contributed by atoms with E-state index >= 15 is 0 Å². The number of alkyl halides is 3. The maximum Gasteiger partial charge on any atom is 0.433 e. The minimum Gasteiger partial charge on any atom is -0.361 e. The summed E-state index contributed by atoms with van der Waals surface area (Å²) in [7, 11) is 0. The van der Waals surface area contributed by atoms with Gasteiger partial charge >= 0.3 is 6.18 Å². The summed E-state index contributed by atoms with van der Waals surface area (Å²) in [5, 5.41) is 4.43. The van der Waals surface area contributed by atoms with E-state index in [0.29, 0.717) is 18.0 Å². The largest absolute Gasteiger partial charge is 0.433 e. The molecule has 3 rings (SSSR count). The van der Waals surface area contributed by atoms with Gasteiger partial charge in [0.1, 0.15) is 5.69 Å². The zero-order valence-electron chi connectivity index (χ0n) is 11.8. The molecule has 0 atom stereocenters. The minimum absolute atomic E-state index is 0.0438. The minimum atomic E-state index is -4.48. The fourth-order valence-electron chi connectivity index (χ4n) is 2.27. The zero-order valence-corrected chi connectivity index (χ0v) is 12.5. The smallest absolute Gasteiger partial charge is 0.361 e. The lowest BCUT2D eigenvalue weighted by molar-refractivity contribution is -0.141. The third-order valence-electron chi connectivity index (χ3n) is 3.35. The van der Waals surface area contributed by atoms with Crippen LogP contribution < -0.4 is 5.32 Å². The summed E-state index contributed by atoms with van der Waals surface area (Å²) in [5.74, 6) is -0.0438. The van der Waals surface area contributed by atoms with Gasteiger partial charge in [0, 0.05) is 34.9 Å². The van der Waals surface area contributed by atoms with E-state index in [1.54, 1.807) is 6.07 Å². The standard InChI is InChI=1S/C15H12ClF3N4/c16-10-1-2-12-11(7-10)9(8-22-12)3-5-20-14-21-6-4-13(23-14)15(17,18)19/h1-2,4,6-8,22H,3,5H2,(H,20,21,23). The van der Waals surface area contributed by atoms with E-state index < -0.39 is 11.9 Å². The molecule has 2 heterocycles. The Hall–Kier alpha value is -2.28. The van der Waals surface area contributed by atoms with Crippen molar-refractivity contribution in [2.24, 2.45) is 0 Å². The van der Waals surface area contributed by atoms with Crippen molar-refractivity contribution in [3.05, 3.63) is 52.9 Å². The zero-order chi connectivity index (χ0) is 16.4. The normalized spacial score (nSPS) is 11.8. The fourth-order valence-corrected chi connectivity index (χ4v) is 2.44. The molecule has 0 radical (unpaired) electrons. The Kier molecular flexibility index (Phi) is 4.12. The van der Waals surface area contributed by atoms with Crippen molar-refractivity contribution >= 4 is 28.5 Å². The highest BCUT2D eigenvalue weighted by Crippen LogP contribution is 2.27. The highest BCUT2D eigenvalue weighted by molar-refractivity contribution is 6.31. The topological polar surface area (TPSA) is 53.6 Å². The van der Waals surface area contributed by atoms with Crippen LogP contribution in [0.4, 0.5) is 19.1 Å². The first-order valence-electron chi connectivity index (χ1n) is 6.83. The summed E-state index contributed by atoms with van der Waals surface area (Å²) < 4.78 is 37.8. The first kappa shape index (κ1) is 15.6. The van der Waals surface area contributed by atoms with Crippen molar-refractivity contribution in [1.29, 1.82) is 0 Å². The van der Waals surface area contributed by atoms with Crippen molar-refractivity contribution in [2.75, 3.05) is 11.9 Å². The van der Waals surface area contributed by atoms with Crippen molar-refractivity contribution in [2.45, 2.75) is 12.6 Å². The Morgan fingerprint density at radius 1 is 1.22 bits per heavy atom. The SMILES string of the molecule is FC(F)(F)c1ccnc(NCCc2c[nH]c3ccc(Cl)cc23)n1. The molecule has 120 valence electrons. The Bertz CT molecular complexity index is 829. The lowest BCUT2D eigenvalue weighted by Gasteiger charge is -2.08. The van der Waals surface area contributed by atoms with E-state index in [2.05, 4.69) is 20.3 Å². The Morgan fingerprint density at radius 2 is 2.04 bits per heavy atom. The molecule has 0 spiro atoms. The average Bonchev–Trinajstić information content (AvgIpc) is 2.89. The second-order valence-electron chi connectivity index (χ2n) is 4.94. The van der Waals surface area contributed by atoms with E-state index in [1.165, 1.54) is 0 Å². The molecule has 0 amide bonds. The van der Waals surface area contributed by atoms with E-state index in [4.69, 9.17) is 11.6 Å². The highest BCUT2D eigenvalue weighted by Gasteiger charge is 2.32. The first-order valence-corrected chi connectivity index (χ1v) is 7.21. The number of nitrogens with one attached hydrogen (secondary N) is 2. The molecule has 2 N–H and O–H groups in total. The van der Waals surface area contributed by atoms with Crippen molar-refractivity contribution in [3.63, 3.8) is 0 Å². The summed E-state index contributed by atoms with van der Waals surface area (Å²) in [6.45, 7) is 0.404. The molecular weight excluding hydrogens is 329 g/mol. The number of fused-ring (bicyclic) bond motifs is 1. The van der Waals surface area contributed by atoms with Crippen LogP contribution in [0, 0.1) is 0 Å². The van der Waals surface area contributed by atoms with Gasteiger partial charge < -0.3 is 10.3 Å². The van der Waals surface area contributed by atoms with Gasteiger partial charge in [-0.05, 0) is 36.2 Å². The third kappa shape index (κ3) is 3.56. The van der Waals surface area contributed by atoms with Gasteiger partial charge in [0.05, 0.1) is 0 Å². The lowest BCUT2D eigenvalue weighted by Crippen LogP contribution is -2.13. The van der Waals surface area contributed by atoms with Crippen molar-refractivity contribution in [3.8, 4) is 0 Å². The van der Waals surface area contributed by atoms with Gasteiger partial charge in [-0.15, -0.1) is 0 Å². The van der Waals surface area contributed by atoms with Gasteiger partial charge in [-0.1, -0.05) is 11.6 Å². The Balaban J connectivity index is 1.68. The van der Waals surface area contributed by atoms with Crippen LogP contribution in [0.2, 0.25) is 5.02 Å². The van der Waals surface area contributed by atoms with Crippen LogP contribution in [0.25, 0.3) is 10.9 Å². The molecule has 3 aromatic rings. The van der Waals surface area contributed by atoms with Gasteiger partial charge in [-0.25, -0.2) is 9.97 Å². The molecule has 4 nitrogen and oxygen atoms in total. The van der Waals surface area contributed by atoms with Crippen LogP contribution in [0.1, 0.15) is 11.3 Å². The molecule has 0 unspecified atom stereocenters. The number of rotatable bonds is 4. The molecule has 0 saturated carbocycles. The molecule has 0 aliphatic heterocycles. The molecule has 2 aromatic heterocycles. The summed E-state index contributed by atoms with van der Waals surface area (Å²) >= 11 is 5.98. The number of H-pyrrole nitrogens is 1. The molecule has 0 saturated heterocycles. The molecule has 23 heavy (non-hydrogen) atoms. The van der Waals surface area contributed by atoms with Crippen molar-refractivity contribution in [1.82, 2.24) is 15.0 Å². The molecule has 8 heteroatoms. The molecule has 0 fully saturated rings. The molecule has 0 aliphatic rings. The molecule has 0 bridgehead atoms. The predicted octanol–water partition coefficient (Wildman–Crippen LogP) is 4.28. The monoisotopic (exact) mass is 340 g/mol. The fraction of sp³-hybridized carbons (Fsp3) is 0.200. The number of nitrogens with zero attached hydrogens (tertiary/aromatic N) is 2. The van der Waals surface area contributed by atoms with Gasteiger partial charge in [0.2, 0.25) is 5.95 Å². The number of hydrogen-bond acceptors (Lipinski definition) is 3. The second kappa shape index (κ2) is 6.08. The number of aromatic nitrogens is 3. The first-order chi connectivity index (χ1) is 10.9. The average molecular weight is 341 g/mol. The van der Waals surface area contributed by atoms with Crippen LogP contribution in [0.15, 0.2) is 36.7 Å². The van der Waals surface area contributed by atoms with Gasteiger partial charge in [-0.2, -0.15) is 13.2 Å². The van der Waals surface area contributed by atoms with Crippen LogP contribution in [0.3, 0.4) is 0 Å². The quantitative estimate of drug-likeness (QED) is 0.745. The molecular formula is C15H12ClF3N4. The van der Waals surface area contributed by atoms with Crippen LogP contribution >= 0.6 is 11.6 Å². The van der Waals surface area contributed by atoms with Crippen molar-refractivity contribution < 1.29 is 13.2 Å². The van der Waals surface area contributed by atoms with E-state index in [9.17, 15) is 13.2 Å². The number of halogens is 4.